The fourth-order valence-corrected chi connectivity index (χ4v) is 2.96. The highest BCUT2D eigenvalue weighted by molar-refractivity contribution is 5.96. The summed E-state index contributed by atoms with van der Waals surface area (Å²) in [4.78, 5) is 15.0. The summed E-state index contributed by atoms with van der Waals surface area (Å²) < 4.78 is 10.6. The summed E-state index contributed by atoms with van der Waals surface area (Å²) in [6, 6.07) is 3.94. The summed E-state index contributed by atoms with van der Waals surface area (Å²) in [6.07, 6.45) is 1.96. The largest absolute Gasteiger partial charge is 0.493 e. The molecule has 1 N–H and O–H groups in total. The molecule has 6 heteroatoms. The highest BCUT2D eigenvalue weighted by atomic mass is 35.5. The molecule has 1 amide bonds. The second-order valence-electron chi connectivity index (χ2n) is 5.67. The number of rotatable bonds is 6. The third kappa shape index (κ3) is 4.30. The average Bonchev–Trinajstić information content (AvgIpc) is 3.05. The minimum absolute atomic E-state index is 0. The van der Waals surface area contributed by atoms with Crippen LogP contribution in [-0.2, 0) is 0 Å². The molecule has 1 fully saturated rings. The van der Waals surface area contributed by atoms with Crippen molar-refractivity contribution in [3.05, 3.63) is 23.3 Å². The van der Waals surface area contributed by atoms with Crippen LogP contribution >= 0.6 is 12.4 Å². The van der Waals surface area contributed by atoms with E-state index in [9.17, 15) is 4.79 Å². The third-order valence-electron chi connectivity index (χ3n) is 4.16. The number of benzene rings is 1. The molecule has 2 rings (SSSR count). The molecule has 1 saturated heterocycles. The van der Waals surface area contributed by atoms with Crippen LogP contribution in [0.2, 0.25) is 0 Å². The molecule has 130 valence electrons. The highest BCUT2D eigenvalue weighted by Gasteiger charge is 2.28. The lowest BCUT2D eigenvalue weighted by Crippen LogP contribution is -2.42. The van der Waals surface area contributed by atoms with Gasteiger partial charge in [0.15, 0.2) is 11.5 Å². The molecule has 0 saturated carbocycles. The lowest BCUT2D eigenvalue weighted by molar-refractivity contribution is 0.0691. The van der Waals surface area contributed by atoms with E-state index >= 15 is 0 Å². The number of amides is 1. The Morgan fingerprint density at radius 3 is 2.48 bits per heavy atom. The van der Waals surface area contributed by atoms with Crippen LogP contribution in [0.1, 0.15) is 35.7 Å². The Kier molecular flexibility index (Phi) is 7.65. The molecular weight excluding hydrogens is 316 g/mol. The molecule has 0 radical (unpaired) electrons. The van der Waals surface area contributed by atoms with Gasteiger partial charge in [-0.3, -0.25) is 4.79 Å². The minimum atomic E-state index is 0. The number of carbonyl (C=O) groups excluding carboxylic acids is 1. The molecular formula is C17H27ClN2O3. The van der Waals surface area contributed by atoms with E-state index in [0.717, 1.165) is 38.0 Å². The maximum absolute atomic E-state index is 13.0. The van der Waals surface area contributed by atoms with Crippen molar-refractivity contribution in [3.63, 3.8) is 0 Å². The summed E-state index contributed by atoms with van der Waals surface area (Å²) in [7, 11) is 3.19. The number of hydrogen-bond acceptors (Lipinski definition) is 4. The van der Waals surface area contributed by atoms with Crippen molar-refractivity contribution in [1.82, 2.24) is 10.2 Å². The maximum atomic E-state index is 13.0. The molecule has 0 bridgehead atoms. The van der Waals surface area contributed by atoms with Crippen molar-refractivity contribution in [2.45, 2.75) is 32.7 Å². The predicted octanol–water partition coefficient (Wildman–Crippen LogP) is 2.65. The van der Waals surface area contributed by atoms with Crippen LogP contribution in [0, 0.1) is 6.92 Å². The van der Waals surface area contributed by atoms with E-state index in [4.69, 9.17) is 9.47 Å². The van der Waals surface area contributed by atoms with Gasteiger partial charge in [0.05, 0.1) is 14.2 Å². The molecule has 0 aliphatic carbocycles. The van der Waals surface area contributed by atoms with Gasteiger partial charge in [0, 0.05) is 24.7 Å². The van der Waals surface area contributed by atoms with Gasteiger partial charge in [-0.05, 0) is 44.0 Å². The summed E-state index contributed by atoms with van der Waals surface area (Å²) in [5, 5.41) is 3.33. The number of ether oxygens (including phenoxy) is 2. The standard InChI is InChI=1S/C17H26N2O3.ClH/c1-5-8-19(13-6-7-18-11-13)17(20)14-10-16(22-4)15(21-3)9-12(14)2;/h9-10,13,18H,5-8,11H2,1-4H3;1H. The Morgan fingerprint density at radius 2 is 1.96 bits per heavy atom. The Morgan fingerprint density at radius 1 is 1.30 bits per heavy atom. The van der Waals surface area contributed by atoms with Crippen LogP contribution in [0.5, 0.6) is 11.5 Å². The fourth-order valence-electron chi connectivity index (χ4n) is 2.96. The van der Waals surface area contributed by atoms with Crippen molar-refractivity contribution in [3.8, 4) is 11.5 Å². The lowest BCUT2D eigenvalue weighted by atomic mass is 10.0. The van der Waals surface area contributed by atoms with Crippen molar-refractivity contribution < 1.29 is 14.3 Å². The zero-order valence-corrected chi connectivity index (χ0v) is 15.2. The van der Waals surface area contributed by atoms with Gasteiger partial charge in [0.25, 0.3) is 5.91 Å². The predicted molar refractivity (Wildman–Crippen MR) is 94.1 cm³/mol. The van der Waals surface area contributed by atoms with Gasteiger partial charge in [-0.15, -0.1) is 12.4 Å². The Balaban J connectivity index is 0.00000264. The summed E-state index contributed by atoms with van der Waals surface area (Å²) in [6.45, 7) is 6.66. The molecule has 5 nitrogen and oxygen atoms in total. The second-order valence-corrected chi connectivity index (χ2v) is 5.67. The lowest BCUT2D eigenvalue weighted by Gasteiger charge is -2.29. The van der Waals surface area contributed by atoms with E-state index in [1.54, 1.807) is 20.3 Å². The zero-order chi connectivity index (χ0) is 16.1. The summed E-state index contributed by atoms with van der Waals surface area (Å²) in [5.41, 5.74) is 1.60. The fraction of sp³-hybridized carbons (Fsp3) is 0.588. The molecule has 1 atom stereocenters. The van der Waals surface area contributed by atoms with Crippen LogP contribution in [0.25, 0.3) is 0 Å². The maximum Gasteiger partial charge on any atom is 0.254 e. The number of aryl methyl sites for hydroxylation is 1. The quantitative estimate of drug-likeness (QED) is 0.863. The average molecular weight is 343 g/mol. The van der Waals surface area contributed by atoms with Crippen LogP contribution in [0.4, 0.5) is 0 Å². The van der Waals surface area contributed by atoms with Gasteiger partial charge in [-0.25, -0.2) is 0 Å². The van der Waals surface area contributed by atoms with E-state index in [1.165, 1.54) is 0 Å². The van der Waals surface area contributed by atoms with Gasteiger partial charge in [-0.1, -0.05) is 6.92 Å². The van der Waals surface area contributed by atoms with Crippen molar-refractivity contribution in [1.29, 1.82) is 0 Å². The SMILES string of the molecule is CCCN(C(=O)c1cc(OC)c(OC)cc1C)C1CCNC1.Cl. The van der Waals surface area contributed by atoms with Gasteiger partial charge < -0.3 is 19.7 Å². The topological polar surface area (TPSA) is 50.8 Å². The van der Waals surface area contributed by atoms with E-state index in [0.29, 0.717) is 17.1 Å². The summed E-state index contributed by atoms with van der Waals surface area (Å²) in [5.74, 6) is 1.33. The first-order chi connectivity index (χ1) is 10.6. The number of carbonyl (C=O) groups is 1. The number of halogens is 1. The molecule has 23 heavy (non-hydrogen) atoms. The highest BCUT2D eigenvalue weighted by Crippen LogP contribution is 2.31. The second kappa shape index (κ2) is 8.99. The van der Waals surface area contributed by atoms with E-state index in [2.05, 4.69) is 12.2 Å². The first kappa shape index (κ1) is 19.6. The van der Waals surface area contributed by atoms with Gasteiger partial charge in [-0.2, -0.15) is 0 Å². The number of methoxy groups -OCH3 is 2. The van der Waals surface area contributed by atoms with Crippen LogP contribution < -0.4 is 14.8 Å². The minimum Gasteiger partial charge on any atom is -0.493 e. The Bertz CT molecular complexity index is 531. The van der Waals surface area contributed by atoms with Gasteiger partial charge in [0.2, 0.25) is 0 Å². The van der Waals surface area contributed by atoms with Crippen molar-refractivity contribution >= 4 is 18.3 Å². The first-order valence-corrected chi connectivity index (χ1v) is 7.86. The molecule has 1 aliphatic rings. The number of hydrogen-bond donors (Lipinski definition) is 1. The van der Waals surface area contributed by atoms with Crippen LogP contribution in [0.3, 0.4) is 0 Å². The first-order valence-electron chi connectivity index (χ1n) is 7.86. The Hall–Kier alpha value is -1.46. The normalized spacial score (nSPS) is 16.6. The zero-order valence-electron chi connectivity index (χ0n) is 14.3. The van der Waals surface area contributed by atoms with E-state index in [-0.39, 0.29) is 24.4 Å². The van der Waals surface area contributed by atoms with Gasteiger partial charge >= 0.3 is 0 Å². The van der Waals surface area contributed by atoms with Crippen LogP contribution in [-0.4, -0.2) is 50.7 Å². The van der Waals surface area contributed by atoms with E-state index in [1.807, 2.05) is 17.9 Å². The molecule has 1 aromatic rings. The smallest absolute Gasteiger partial charge is 0.254 e. The van der Waals surface area contributed by atoms with Crippen molar-refractivity contribution in [2.24, 2.45) is 0 Å². The number of nitrogens with one attached hydrogen (secondary N) is 1. The molecule has 1 unspecified atom stereocenters. The Labute approximate surface area is 144 Å². The van der Waals surface area contributed by atoms with E-state index < -0.39 is 0 Å². The van der Waals surface area contributed by atoms with Gasteiger partial charge in [0.1, 0.15) is 0 Å². The molecule has 1 aromatic carbocycles. The summed E-state index contributed by atoms with van der Waals surface area (Å²) >= 11 is 0. The van der Waals surface area contributed by atoms with Crippen LogP contribution in [0.15, 0.2) is 12.1 Å². The number of nitrogens with zero attached hydrogens (tertiary/aromatic N) is 1. The molecule has 0 spiro atoms. The molecule has 1 heterocycles. The molecule has 1 aliphatic heterocycles. The molecule has 0 aromatic heterocycles. The third-order valence-corrected chi connectivity index (χ3v) is 4.16. The monoisotopic (exact) mass is 342 g/mol. The van der Waals surface area contributed by atoms with Crippen molar-refractivity contribution in [2.75, 3.05) is 33.9 Å².